The number of anilines is 1. The molecule has 0 radical (unpaired) electrons. The highest BCUT2D eigenvalue weighted by Gasteiger charge is 2.31. The highest BCUT2D eigenvalue weighted by molar-refractivity contribution is 6.07. The Hall–Kier alpha value is -2.82. The molecule has 2 amide bonds. The van der Waals surface area contributed by atoms with Gasteiger partial charge in [0.2, 0.25) is 0 Å². The van der Waals surface area contributed by atoms with E-state index in [4.69, 9.17) is 4.74 Å². The topological polar surface area (TPSA) is 67.4 Å². The molecule has 5 nitrogen and oxygen atoms in total. The summed E-state index contributed by atoms with van der Waals surface area (Å²) in [7, 11) is 0. The summed E-state index contributed by atoms with van der Waals surface area (Å²) in [5, 5.41) is 5.84. The predicted molar refractivity (Wildman–Crippen MR) is 99.8 cm³/mol. The van der Waals surface area contributed by atoms with Crippen LogP contribution in [0.15, 0.2) is 42.5 Å². The molecule has 2 aliphatic rings. The molecule has 26 heavy (non-hydrogen) atoms. The Morgan fingerprint density at radius 3 is 2.58 bits per heavy atom. The average molecular weight is 350 g/mol. The molecule has 1 aliphatic carbocycles. The van der Waals surface area contributed by atoms with Gasteiger partial charge in [-0.3, -0.25) is 9.59 Å². The van der Waals surface area contributed by atoms with E-state index in [-0.39, 0.29) is 23.8 Å². The van der Waals surface area contributed by atoms with Gasteiger partial charge in [-0.05, 0) is 44.0 Å². The van der Waals surface area contributed by atoms with Crippen LogP contribution in [-0.4, -0.2) is 24.0 Å². The van der Waals surface area contributed by atoms with Crippen LogP contribution in [0.3, 0.4) is 0 Å². The summed E-state index contributed by atoms with van der Waals surface area (Å²) in [6.45, 7) is 4.11. The van der Waals surface area contributed by atoms with E-state index in [0.717, 1.165) is 18.4 Å². The van der Waals surface area contributed by atoms with E-state index >= 15 is 0 Å². The fourth-order valence-electron chi connectivity index (χ4n) is 3.20. The maximum Gasteiger partial charge on any atom is 0.259 e. The van der Waals surface area contributed by atoms with Crippen LogP contribution in [0.5, 0.6) is 5.75 Å². The Bertz CT molecular complexity index is 873. The number of hydrogen-bond acceptors (Lipinski definition) is 3. The van der Waals surface area contributed by atoms with Gasteiger partial charge in [0.1, 0.15) is 11.9 Å². The van der Waals surface area contributed by atoms with Gasteiger partial charge < -0.3 is 15.4 Å². The largest absolute Gasteiger partial charge is 0.489 e. The van der Waals surface area contributed by atoms with Crippen molar-refractivity contribution < 1.29 is 14.3 Å². The van der Waals surface area contributed by atoms with Crippen LogP contribution in [-0.2, 0) is 0 Å². The van der Waals surface area contributed by atoms with Crippen molar-refractivity contribution in [2.45, 2.75) is 44.8 Å². The van der Waals surface area contributed by atoms with Crippen LogP contribution in [0, 0.1) is 0 Å². The minimum absolute atomic E-state index is 0.0494. The van der Waals surface area contributed by atoms with Gasteiger partial charge in [0.25, 0.3) is 11.8 Å². The van der Waals surface area contributed by atoms with Crippen molar-refractivity contribution in [3.8, 4) is 5.75 Å². The molecule has 1 fully saturated rings. The third-order valence-electron chi connectivity index (χ3n) is 5.08. The quantitative estimate of drug-likeness (QED) is 0.883. The van der Waals surface area contributed by atoms with Crippen molar-refractivity contribution in [2.24, 2.45) is 0 Å². The Labute approximate surface area is 152 Å². The first-order valence-electron chi connectivity index (χ1n) is 9.05. The van der Waals surface area contributed by atoms with Crippen LogP contribution >= 0.6 is 0 Å². The van der Waals surface area contributed by atoms with Gasteiger partial charge in [0, 0.05) is 28.8 Å². The smallest absolute Gasteiger partial charge is 0.259 e. The number of carbonyl (C=O) groups excluding carboxylic acids is 2. The number of fused-ring (bicyclic) bond motifs is 1. The first-order valence-corrected chi connectivity index (χ1v) is 9.05. The second-order valence-electron chi connectivity index (χ2n) is 7.12. The van der Waals surface area contributed by atoms with Crippen molar-refractivity contribution in [1.29, 1.82) is 0 Å². The summed E-state index contributed by atoms with van der Waals surface area (Å²) >= 11 is 0. The number of nitrogens with one attached hydrogen (secondary N) is 2. The molecular formula is C21H22N2O3. The summed E-state index contributed by atoms with van der Waals surface area (Å²) in [6.07, 6.45) is 2.13. The van der Waals surface area contributed by atoms with E-state index in [1.165, 1.54) is 0 Å². The number of rotatable bonds is 4. The Morgan fingerprint density at radius 2 is 1.81 bits per heavy atom. The fraction of sp³-hybridized carbons (Fsp3) is 0.333. The highest BCUT2D eigenvalue weighted by Crippen LogP contribution is 2.40. The second-order valence-corrected chi connectivity index (χ2v) is 7.12. The van der Waals surface area contributed by atoms with Crippen LogP contribution in [0.4, 0.5) is 5.69 Å². The van der Waals surface area contributed by atoms with Crippen LogP contribution < -0.4 is 15.4 Å². The van der Waals surface area contributed by atoms with Crippen molar-refractivity contribution in [1.82, 2.24) is 5.32 Å². The number of benzene rings is 2. The second kappa shape index (κ2) is 6.48. The number of amides is 2. The molecule has 0 spiro atoms. The zero-order valence-electron chi connectivity index (χ0n) is 14.9. The van der Waals surface area contributed by atoms with E-state index in [0.29, 0.717) is 28.6 Å². The number of carbonyl (C=O) groups is 2. The van der Waals surface area contributed by atoms with Crippen molar-refractivity contribution >= 4 is 17.5 Å². The normalized spacial score (nSPS) is 20.8. The summed E-state index contributed by atoms with van der Waals surface area (Å²) in [4.78, 5) is 24.9. The van der Waals surface area contributed by atoms with Gasteiger partial charge in [-0.25, -0.2) is 0 Å². The molecular weight excluding hydrogens is 328 g/mol. The molecule has 1 saturated carbocycles. The van der Waals surface area contributed by atoms with E-state index in [2.05, 4.69) is 17.6 Å². The number of para-hydroxylation sites is 1. The molecule has 4 rings (SSSR count). The molecule has 2 atom stereocenters. The SMILES string of the molecule is C[C@@H]1Oc2c(C(=O)Nc3cccc(C(=O)NC4CC4)c3)cccc2[C@H]1C. The minimum atomic E-state index is -0.233. The van der Waals surface area contributed by atoms with Crippen molar-refractivity contribution in [3.63, 3.8) is 0 Å². The van der Waals surface area contributed by atoms with Gasteiger partial charge in [-0.1, -0.05) is 25.1 Å². The van der Waals surface area contributed by atoms with Gasteiger partial charge in [0.15, 0.2) is 0 Å². The van der Waals surface area contributed by atoms with Crippen molar-refractivity contribution in [3.05, 3.63) is 59.2 Å². The molecule has 2 aromatic carbocycles. The maximum atomic E-state index is 12.8. The Morgan fingerprint density at radius 1 is 1.04 bits per heavy atom. The third-order valence-corrected chi connectivity index (χ3v) is 5.08. The lowest BCUT2D eigenvalue weighted by molar-refractivity contribution is 0.0949. The van der Waals surface area contributed by atoms with Gasteiger partial charge in [-0.2, -0.15) is 0 Å². The van der Waals surface area contributed by atoms with Gasteiger partial charge in [0.05, 0.1) is 5.56 Å². The molecule has 0 unspecified atom stereocenters. The van der Waals surface area contributed by atoms with E-state index in [9.17, 15) is 9.59 Å². The predicted octanol–water partition coefficient (Wildman–Crippen LogP) is 3.72. The lowest BCUT2D eigenvalue weighted by atomic mass is 9.97. The van der Waals surface area contributed by atoms with Crippen LogP contribution in [0.25, 0.3) is 0 Å². The van der Waals surface area contributed by atoms with E-state index in [1.807, 2.05) is 19.1 Å². The molecule has 0 aromatic heterocycles. The Kier molecular flexibility index (Phi) is 4.15. The summed E-state index contributed by atoms with van der Waals surface area (Å²) in [5.74, 6) is 0.581. The zero-order chi connectivity index (χ0) is 18.3. The molecule has 5 heteroatoms. The summed E-state index contributed by atoms with van der Waals surface area (Å²) < 4.78 is 5.90. The molecule has 1 aliphatic heterocycles. The van der Waals surface area contributed by atoms with Crippen molar-refractivity contribution in [2.75, 3.05) is 5.32 Å². The minimum Gasteiger partial charge on any atom is -0.489 e. The van der Waals surface area contributed by atoms with Crippen LogP contribution in [0.1, 0.15) is 58.9 Å². The lowest BCUT2D eigenvalue weighted by Crippen LogP contribution is -2.25. The van der Waals surface area contributed by atoms with Gasteiger partial charge in [-0.15, -0.1) is 0 Å². The maximum absolute atomic E-state index is 12.8. The summed E-state index contributed by atoms with van der Waals surface area (Å²) in [6, 6.07) is 12.9. The standard InChI is InChI=1S/C21H22N2O3/c1-12-13(2)26-19-17(12)7-4-8-18(19)21(25)23-16-6-3-5-14(11-16)20(24)22-15-9-10-15/h3-8,11-13,15H,9-10H2,1-2H3,(H,22,24)(H,23,25)/t12-,13-/m0/s1. The average Bonchev–Trinajstić information content (AvgIpc) is 3.40. The monoisotopic (exact) mass is 350 g/mol. The number of ether oxygens (including phenoxy) is 1. The Balaban J connectivity index is 1.53. The fourth-order valence-corrected chi connectivity index (χ4v) is 3.20. The van der Waals surface area contributed by atoms with E-state index in [1.54, 1.807) is 30.3 Å². The van der Waals surface area contributed by atoms with Gasteiger partial charge >= 0.3 is 0 Å². The molecule has 0 saturated heterocycles. The third kappa shape index (κ3) is 3.17. The molecule has 134 valence electrons. The van der Waals surface area contributed by atoms with E-state index < -0.39 is 0 Å². The highest BCUT2D eigenvalue weighted by atomic mass is 16.5. The molecule has 0 bridgehead atoms. The summed E-state index contributed by atoms with van der Waals surface area (Å²) in [5.41, 5.74) is 2.72. The molecule has 2 N–H and O–H groups in total. The first-order chi connectivity index (χ1) is 12.5. The zero-order valence-corrected chi connectivity index (χ0v) is 14.9. The van der Waals surface area contributed by atoms with Crippen LogP contribution in [0.2, 0.25) is 0 Å². The molecule has 1 heterocycles. The molecule has 2 aromatic rings. The number of hydrogen-bond donors (Lipinski definition) is 2. The lowest BCUT2D eigenvalue weighted by Gasteiger charge is -2.11. The first kappa shape index (κ1) is 16.6.